The van der Waals surface area contributed by atoms with Crippen LogP contribution in [-0.2, 0) is 0 Å². The second-order valence-corrected chi connectivity index (χ2v) is 4.08. The molecule has 1 aromatic rings. The van der Waals surface area contributed by atoms with Gasteiger partial charge in [0.2, 0.25) is 0 Å². The zero-order chi connectivity index (χ0) is 9.14. The summed E-state index contributed by atoms with van der Waals surface area (Å²) >= 11 is 1.75. The molecule has 0 aliphatic rings. The van der Waals surface area contributed by atoms with Crippen LogP contribution in [0.2, 0.25) is 0 Å². The SMILES string of the molecule is CSc1cnc(C(C)C)cc1C. The van der Waals surface area contributed by atoms with Crippen molar-refractivity contribution < 1.29 is 0 Å². The fourth-order valence-corrected chi connectivity index (χ4v) is 1.63. The summed E-state index contributed by atoms with van der Waals surface area (Å²) in [7, 11) is 0. The molecule has 0 N–H and O–H groups in total. The molecule has 1 heterocycles. The lowest BCUT2D eigenvalue weighted by Gasteiger charge is -2.07. The molecule has 0 aromatic carbocycles. The van der Waals surface area contributed by atoms with E-state index >= 15 is 0 Å². The predicted molar refractivity (Wildman–Crippen MR) is 54.8 cm³/mol. The molecular formula is C10H15NS. The third-order valence-corrected chi connectivity index (χ3v) is 2.76. The highest BCUT2D eigenvalue weighted by atomic mass is 32.2. The van der Waals surface area contributed by atoms with E-state index in [2.05, 4.69) is 38.1 Å². The van der Waals surface area contributed by atoms with Crippen molar-refractivity contribution in [3.05, 3.63) is 23.5 Å². The van der Waals surface area contributed by atoms with Crippen molar-refractivity contribution in [2.24, 2.45) is 0 Å². The minimum atomic E-state index is 0.527. The van der Waals surface area contributed by atoms with Crippen LogP contribution in [0.25, 0.3) is 0 Å². The molecule has 2 heteroatoms. The molecule has 66 valence electrons. The molecule has 1 rings (SSSR count). The van der Waals surface area contributed by atoms with Crippen LogP contribution in [-0.4, -0.2) is 11.2 Å². The zero-order valence-corrected chi connectivity index (χ0v) is 8.90. The van der Waals surface area contributed by atoms with E-state index < -0.39 is 0 Å². The van der Waals surface area contributed by atoms with E-state index in [1.807, 2.05) is 6.20 Å². The standard InChI is InChI=1S/C10H15NS/c1-7(2)9-5-8(3)10(12-4)6-11-9/h5-7H,1-4H3. The molecule has 0 fully saturated rings. The van der Waals surface area contributed by atoms with E-state index in [4.69, 9.17) is 0 Å². The summed E-state index contributed by atoms with van der Waals surface area (Å²) in [6.45, 7) is 6.47. The number of aromatic nitrogens is 1. The van der Waals surface area contributed by atoms with E-state index in [9.17, 15) is 0 Å². The highest BCUT2D eigenvalue weighted by Crippen LogP contribution is 2.21. The molecule has 12 heavy (non-hydrogen) atoms. The highest BCUT2D eigenvalue weighted by molar-refractivity contribution is 7.98. The van der Waals surface area contributed by atoms with Crippen molar-refractivity contribution in [3.8, 4) is 0 Å². The second kappa shape index (κ2) is 3.94. The van der Waals surface area contributed by atoms with E-state index in [0.717, 1.165) is 0 Å². The van der Waals surface area contributed by atoms with Gasteiger partial charge in [-0.05, 0) is 30.7 Å². The summed E-state index contributed by atoms with van der Waals surface area (Å²) in [5.41, 5.74) is 2.52. The molecular weight excluding hydrogens is 166 g/mol. The van der Waals surface area contributed by atoms with Crippen LogP contribution in [0, 0.1) is 6.92 Å². The Morgan fingerprint density at radius 2 is 2.08 bits per heavy atom. The van der Waals surface area contributed by atoms with Crippen LogP contribution in [0.4, 0.5) is 0 Å². The first-order valence-corrected chi connectivity index (χ1v) is 5.38. The van der Waals surface area contributed by atoms with Crippen molar-refractivity contribution in [1.82, 2.24) is 4.98 Å². The maximum atomic E-state index is 4.39. The summed E-state index contributed by atoms with van der Waals surface area (Å²) in [5.74, 6) is 0.527. The Hall–Kier alpha value is -0.500. The number of rotatable bonds is 2. The molecule has 1 aromatic heterocycles. The van der Waals surface area contributed by atoms with Gasteiger partial charge in [-0.1, -0.05) is 13.8 Å². The van der Waals surface area contributed by atoms with Gasteiger partial charge in [0.25, 0.3) is 0 Å². The van der Waals surface area contributed by atoms with Gasteiger partial charge in [-0.2, -0.15) is 0 Å². The normalized spacial score (nSPS) is 10.8. The zero-order valence-electron chi connectivity index (χ0n) is 8.09. The molecule has 0 aliphatic heterocycles. The lowest BCUT2D eigenvalue weighted by atomic mass is 10.1. The van der Waals surface area contributed by atoms with E-state index in [0.29, 0.717) is 5.92 Å². The molecule has 0 aliphatic carbocycles. The first kappa shape index (κ1) is 9.59. The predicted octanol–water partition coefficient (Wildman–Crippen LogP) is 3.24. The van der Waals surface area contributed by atoms with Crippen molar-refractivity contribution in [2.45, 2.75) is 31.6 Å². The third kappa shape index (κ3) is 2.01. The number of hydrogen-bond donors (Lipinski definition) is 0. The molecule has 0 atom stereocenters. The van der Waals surface area contributed by atoms with Crippen LogP contribution in [0.5, 0.6) is 0 Å². The van der Waals surface area contributed by atoms with Gasteiger partial charge in [0.15, 0.2) is 0 Å². The summed E-state index contributed by atoms with van der Waals surface area (Å²) in [5, 5.41) is 0. The summed E-state index contributed by atoms with van der Waals surface area (Å²) in [6.07, 6.45) is 4.05. The number of nitrogens with zero attached hydrogens (tertiary/aromatic N) is 1. The highest BCUT2D eigenvalue weighted by Gasteiger charge is 2.03. The lowest BCUT2D eigenvalue weighted by molar-refractivity contribution is 0.814. The molecule has 1 nitrogen and oxygen atoms in total. The van der Waals surface area contributed by atoms with Crippen molar-refractivity contribution in [3.63, 3.8) is 0 Å². The molecule has 0 saturated carbocycles. The van der Waals surface area contributed by atoms with Crippen LogP contribution in [0.3, 0.4) is 0 Å². The average Bonchev–Trinajstić information content (AvgIpc) is 2.04. The summed E-state index contributed by atoms with van der Waals surface area (Å²) in [4.78, 5) is 5.67. The molecule has 0 spiro atoms. The molecule has 0 bridgehead atoms. The first-order chi connectivity index (χ1) is 5.65. The van der Waals surface area contributed by atoms with Crippen molar-refractivity contribution in [2.75, 3.05) is 6.26 Å². The Morgan fingerprint density at radius 3 is 2.50 bits per heavy atom. The Kier molecular flexibility index (Phi) is 3.15. The van der Waals surface area contributed by atoms with Gasteiger partial charge < -0.3 is 0 Å². The van der Waals surface area contributed by atoms with E-state index in [1.54, 1.807) is 11.8 Å². The smallest absolute Gasteiger partial charge is 0.0432 e. The fourth-order valence-electron chi connectivity index (χ4n) is 1.09. The van der Waals surface area contributed by atoms with Crippen molar-refractivity contribution >= 4 is 11.8 Å². The van der Waals surface area contributed by atoms with E-state index in [1.165, 1.54) is 16.2 Å². The summed E-state index contributed by atoms with van der Waals surface area (Å²) in [6, 6.07) is 2.18. The largest absolute Gasteiger partial charge is 0.260 e. The Morgan fingerprint density at radius 1 is 1.42 bits per heavy atom. The quantitative estimate of drug-likeness (QED) is 0.650. The van der Waals surface area contributed by atoms with Gasteiger partial charge in [0, 0.05) is 16.8 Å². The minimum absolute atomic E-state index is 0.527. The van der Waals surface area contributed by atoms with E-state index in [-0.39, 0.29) is 0 Å². The molecule has 0 radical (unpaired) electrons. The first-order valence-electron chi connectivity index (χ1n) is 4.15. The Balaban J connectivity index is 3.02. The summed E-state index contributed by atoms with van der Waals surface area (Å²) < 4.78 is 0. The van der Waals surface area contributed by atoms with Crippen LogP contribution < -0.4 is 0 Å². The Labute approximate surface area is 78.6 Å². The average molecular weight is 181 g/mol. The minimum Gasteiger partial charge on any atom is -0.260 e. The van der Waals surface area contributed by atoms with Crippen LogP contribution >= 0.6 is 11.8 Å². The number of thioether (sulfide) groups is 1. The third-order valence-electron chi connectivity index (χ3n) is 1.90. The van der Waals surface area contributed by atoms with Gasteiger partial charge >= 0.3 is 0 Å². The molecule has 0 unspecified atom stereocenters. The van der Waals surface area contributed by atoms with Gasteiger partial charge in [0.05, 0.1) is 0 Å². The van der Waals surface area contributed by atoms with Crippen LogP contribution in [0.1, 0.15) is 31.0 Å². The topological polar surface area (TPSA) is 12.9 Å². The van der Waals surface area contributed by atoms with Gasteiger partial charge in [0.1, 0.15) is 0 Å². The second-order valence-electron chi connectivity index (χ2n) is 3.23. The van der Waals surface area contributed by atoms with Crippen molar-refractivity contribution in [1.29, 1.82) is 0 Å². The maximum absolute atomic E-state index is 4.39. The number of pyridine rings is 1. The van der Waals surface area contributed by atoms with Crippen LogP contribution in [0.15, 0.2) is 17.2 Å². The molecule has 0 saturated heterocycles. The lowest BCUT2D eigenvalue weighted by Crippen LogP contribution is -1.93. The Bertz CT molecular complexity index is 269. The number of hydrogen-bond acceptors (Lipinski definition) is 2. The fraction of sp³-hybridized carbons (Fsp3) is 0.500. The van der Waals surface area contributed by atoms with Gasteiger partial charge in [-0.25, -0.2) is 0 Å². The maximum Gasteiger partial charge on any atom is 0.0432 e. The monoisotopic (exact) mass is 181 g/mol. The number of aryl methyl sites for hydroxylation is 1. The van der Waals surface area contributed by atoms with Gasteiger partial charge in [-0.3, -0.25) is 4.98 Å². The van der Waals surface area contributed by atoms with Gasteiger partial charge in [-0.15, -0.1) is 11.8 Å². The molecule has 0 amide bonds.